The molecule has 0 aliphatic carbocycles. The lowest BCUT2D eigenvalue weighted by Gasteiger charge is -2.15. The van der Waals surface area contributed by atoms with Crippen molar-refractivity contribution in [1.29, 1.82) is 0 Å². The van der Waals surface area contributed by atoms with Gasteiger partial charge in [-0.3, -0.25) is 9.52 Å². The normalized spacial score (nSPS) is 11.8. The van der Waals surface area contributed by atoms with Gasteiger partial charge in [0.1, 0.15) is 5.75 Å². The van der Waals surface area contributed by atoms with Gasteiger partial charge < -0.3 is 10.1 Å². The topological polar surface area (TPSA) is 84.5 Å². The van der Waals surface area contributed by atoms with E-state index in [0.717, 1.165) is 12.1 Å². The van der Waals surface area contributed by atoms with Crippen molar-refractivity contribution >= 4 is 33.2 Å². The fraction of sp³-hybridized carbons (Fsp3) is 0.188. The largest absolute Gasteiger partial charge is 0.497 e. The Labute approximate surface area is 158 Å². The zero-order chi connectivity index (χ0) is 20.4. The van der Waals surface area contributed by atoms with Crippen molar-refractivity contribution in [1.82, 2.24) is 5.32 Å². The Morgan fingerprint density at radius 2 is 1.81 bits per heavy atom. The average Bonchev–Trinajstić information content (AvgIpc) is 2.60. The molecule has 0 aliphatic rings. The summed E-state index contributed by atoms with van der Waals surface area (Å²) >= 11 is 5.51. The van der Waals surface area contributed by atoms with E-state index in [0.29, 0.717) is 11.8 Å². The minimum atomic E-state index is -4.82. The van der Waals surface area contributed by atoms with Crippen molar-refractivity contribution in [2.24, 2.45) is 0 Å². The van der Waals surface area contributed by atoms with Gasteiger partial charge in [0.05, 0.1) is 33.8 Å². The number of halogens is 4. The van der Waals surface area contributed by atoms with E-state index in [-0.39, 0.29) is 11.3 Å². The summed E-state index contributed by atoms with van der Waals surface area (Å²) in [6.45, 7) is 0. The first kappa shape index (κ1) is 20.8. The summed E-state index contributed by atoms with van der Waals surface area (Å²) in [5.74, 6) is -0.318. The molecule has 6 nitrogen and oxygen atoms in total. The van der Waals surface area contributed by atoms with E-state index >= 15 is 0 Å². The van der Waals surface area contributed by atoms with E-state index < -0.39 is 37.6 Å². The predicted octanol–water partition coefficient (Wildman–Crippen LogP) is 3.53. The number of ether oxygens (including phenoxy) is 1. The molecule has 0 spiro atoms. The molecule has 0 radical (unpaired) electrons. The van der Waals surface area contributed by atoms with Crippen molar-refractivity contribution in [2.45, 2.75) is 11.1 Å². The van der Waals surface area contributed by atoms with Gasteiger partial charge in [-0.2, -0.15) is 13.2 Å². The zero-order valence-corrected chi connectivity index (χ0v) is 15.6. The third-order valence-electron chi connectivity index (χ3n) is 3.50. The Hall–Kier alpha value is -2.46. The Bertz CT molecular complexity index is 978. The van der Waals surface area contributed by atoms with E-state index in [1.807, 2.05) is 0 Å². The minimum absolute atomic E-state index is 0.0644. The summed E-state index contributed by atoms with van der Waals surface area (Å²) in [5, 5.41) is 1.71. The number of benzene rings is 2. The van der Waals surface area contributed by atoms with Crippen molar-refractivity contribution in [3.8, 4) is 5.75 Å². The first-order chi connectivity index (χ1) is 12.5. The predicted molar refractivity (Wildman–Crippen MR) is 93.6 cm³/mol. The molecule has 0 aromatic heterocycles. The van der Waals surface area contributed by atoms with Crippen LogP contribution in [0.1, 0.15) is 15.9 Å². The fourth-order valence-corrected chi connectivity index (χ4v) is 3.48. The standard InChI is InChI=1S/C16H14ClF3N2O4S/c1-21-15(23)11-7-9(26-2)3-6-14(11)22-27(24,25)10-4-5-13(17)12(8-10)16(18,19)20/h3-8,22H,1-2H3,(H,21,23). The van der Waals surface area contributed by atoms with Crippen LogP contribution in [-0.2, 0) is 16.2 Å². The molecule has 0 saturated heterocycles. The molecule has 146 valence electrons. The molecule has 0 heterocycles. The molecule has 1 amide bonds. The van der Waals surface area contributed by atoms with Crippen LogP contribution in [-0.4, -0.2) is 28.5 Å². The van der Waals surface area contributed by atoms with E-state index in [1.54, 1.807) is 0 Å². The molecule has 0 aliphatic heterocycles. The maximum absolute atomic E-state index is 13.0. The van der Waals surface area contributed by atoms with Crippen LogP contribution < -0.4 is 14.8 Å². The first-order valence-electron chi connectivity index (χ1n) is 7.29. The van der Waals surface area contributed by atoms with E-state index in [2.05, 4.69) is 10.0 Å². The van der Waals surface area contributed by atoms with Gasteiger partial charge >= 0.3 is 6.18 Å². The first-order valence-corrected chi connectivity index (χ1v) is 9.15. The van der Waals surface area contributed by atoms with Crippen LogP contribution in [0.25, 0.3) is 0 Å². The fourth-order valence-electron chi connectivity index (χ4n) is 2.15. The number of sulfonamides is 1. The molecule has 0 unspecified atom stereocenters. The second-order valence-corrected chi connectivity index (χ2v) is 7.33. The van der Waals surface area contributed by atoms with Gasteiger partial charge in [0.15, 0.2) is 0 Å². The summed E-state index contributed by atoms with van der Waals surface area (Å²) in [4.78, 5) is 11.3. The molecule has 2 aromatic carbocycles. The molecule has 2 rings (SSSR count). The lowest BCUT2D eigenvalue weighted by molar-refractivity contribution is -0.137. The van der Waals surface area contributed by atoms with Crippen LogP contribution in [0.2, 0.25) is 5.02 Å². The summed E-state index contributed by atoms with van der Waals surface area (Å²) in [6.07, 6.45) is -4.82. The van der Waals surface area contributed by atoms with Gasteiger partial charge in [0, 0.05) is 7.05 Å². The number of carbonyl (C=O) groups is 1. The van der Waals surface area contributed by atoms with Gasteiger partial charge in [0.25, 0.3) is 15.9 Å². The molecule has 11 heteroatoms. The van der Waals surface area contributed by atoms with Gasteiger partial charge in [-0.25, -0.2) is 8.42 Å². The lowest BCUT2D eigenvalue weighted by Crippen LogP contribution is -2.22. The van der Waals surface area contributed by atoms with Crippen LogP contribution >= 0.6 is 11.6 Å². The van der Waals surface area contributed by atoms with Crippen molar-refractivity contribution in [3.05, 3.63) is 52.5 Å². The summed E-state index contributed by atoms with van der Waals surface area (Å²) in [6, 6.07) is 6.15. The highest BCUT2D eigenvalue weighted by molar-refractivity contribution is 7.92. The number of anilines is 1. The number of hydrogen-bond acceptors (Lipinski definition) is 4. The Morgan fingerprint density at radius 1 is 1.15 bits per heavy atom. The molecule has 2 aromatic rings. The monoisotopic (exact) mass is 422 g/mol. The Balaban J connectivity index is 2.50. The third kappa shape index (κ3) is 4.64. The number of methoxy groups -OCH3 is 1. The number of alkyl halides is 3. The molecular formula is C16H14ClF3N2O4S. The highest BCUT2D eigenvalue weighted by atomic mass is 35.5. The number of carbonyl (C=O) groups excluding carboxylic acids is 1. The number of nitrogens with one attached hydrogen (secondary N) is 2. The number of rotatable bonds is 5. The highest BCUT2D eigenvalue weighted by Gasteiger charge is 2.34. The van der Waals surface area contributed by atoms with Crippen LogP contribution in [0.3, 0.4) is 0 Å². The molecule has 0 saturated carbocycles. The molecule has 0 fully saturated rings. The average molecular weight is 423 g/mol. The van der Waals surface area contributed by atoms with Crippen LogP contribution in [0.4, 0.5) is 18.9 Å². The van der Waals surface area contributed by atoms with E-state index in [9.17, 15) is 26.4 Å². The second kappa shape index (κ2) is 7.65. The molecular weight excluding hydrogens is 409 g/mol. The Morgan fingerprint density at radius 3 is 2.37 bits per heavy atom. The van der Waals surface area contributed by atoms with Crippen LogP contribution in [0, 0.1) is 0 Å². The summed E-state index contributed by atoms with van der Waals surface area (Å²) in [7, 11) is -1.72. The summed E-state index contributed by atoms with van der Waals surface area (Å²) < 4.78 is 71.1. The quantitative estimate of drug-likeness (QED) is 0.772. The number of amides is 1. The third-order valence-corrected chi connectivity index (χ3v) is 5.19. The van der Waals surface area contributed by atoms with E-state index in [1.165, 1.54) is 32.4 Å². The minimum Gasteiger partial charge on any atom is -0.497 e. The molecule has 0 bridgehead atoms. The highest BCUT2D eigenvalue weighted by Crippen LogP contribution is 2.36. The van der Waals surface area contributed by atoms with Gasteiger partial charge in [0.2, 0.25) is 0 Å². The maximum Gasteiger partial charge on any atom is 0.417 e. The van der Waals surface area contributed by atoms with Crippen molar-refractivity contribution in [3.63, 3.8) is 0 Å². The van der Waals surface area contributed by atoms with Crippen LogP contribution in [0.15, 0.2) is 41.3 Å². The maximum atomic E-state index is 13.0. The Kier molecular flexibility index (Phi) is 5.91. The van der Waals surface area contributed by atoms with Crippen LogP contribution in [0.5, 0.6) is 5.75 Å². The summed E-state index contributed by atoms with van der Waals surface area (Å²) in [5.41, 5.74) is -1.47. The number of hydrogen-bond donors (Lipinski definition) is 2. The lowest BCUT2D eigenvalue weighted by atomic mass is 10.1. The van der Waals surface area contributed by atoms with E-state index in [4.69, 9.17) is 16.3 Å². The van der Waals surface area contributed by atoms with Crippen molar-refractivity contribution in [2.75, 3.05) is 18.9 Å². The van der Waals surface area contributed by atoms with Gasteiger partial charge in [-0.05, 0) is 36.4 Å². The SMILES string of the molecule is CNC(=O)c1cc(OC)ccc1NS(=O)(=O)c1ccc(Cl)c(C(F)(F)F)c1. The van der Waals surface area contributed by atoms with Gasteiger partial charge in [-0.1, -0.05) is 11.6 Å². The molecule has 2 N–H and O–H groups in total. The second-order valence-electron chi connectivity index (χ2n) is 5.24. The smallest absolute Gasteiger partial charge is 0.417 e. The molecule has 27 heavy (non-hydrogen) atoms. The van der Waals surface area contributed by atoms with Gasteiger partial charge in [-0.15, -0.1) is 0 Å². The zero-order valence-electron chi connectivity index (χ0n) is 14.0. The van der Waals surface area contributed by atoms with Crippen molar-refractivity contribution < 1.29 is 31.1 Å². The molecule has 0 atom stereocenters.